The van der Waals surface area contributed by atoms with Crippen molar-refractivity contribution in [2.45, 2.75) is 19.8 Å². The monoisotopic (exact) mass is 288 g/mol. The molecule has 0 N–H and O–H groups in total. The Kier molecular flexibility index (Phi) is 2.93. The first-order valence-corrected chi connectivity index (χ1v) is 7.47. The number of aromatic nitrogens is 2. The summed E-state index contributed by atoms with van der Waals surface area (Å²) in [5, 5.41) is 2.23. The summed E-state index contributed by atoms with van der Waals surface area (Å²) in [6.07, 6.45) is 3.66. The van der Waals surface area contributed by atoms with Crippen molar-refractivity contribution in [1.82, 2.24) is 9.97 Å². The van der Waals surface area contributed by atoms with Crippen LogP contribution in [0.25, 0.3) is 33.2 Å². The Morgan fingerprint density at radius 3 is 2.45 bits per heavy atom. The molecule has 4 rings (SSSR count). The number of furan rings is 1. The van der Waals surface area contributed by atoms with Gasteiger partial charge in [-0.25, -0.2) is 0 Å². The Labute approximate surface area is 128 Å². The lowest BCUT2D eigenvalue weighted by Gasteiger charge is -2.03. The second-order valence-electron chi connectivity index (χ2n) is 5.73. The highest BCUT2D eigenvalue weighted by atomic mass is 16.3. The fourth-order valence-electron chi connectivity index (χ4n) is 2.88. The average Bonchev–Trinajstić information content (AvgIpc) is 2.94. The predicted molar refractivity (Wildman–Crippen MR) is 88.8 cm³/mol. The van der Waals surface area contributed by atoms with E-state index in [1.165, 1.54) is 0 Å². The normalized spacial score (nSPS) is 11.6. The lowest BCUT2D eigenvalue weighted by atomic mass is 10.0. The van der Waals surface area contributed by atoms with E-state index >= 15 is 0 Å². The maximum absolute atomic E-state index is 6.23. The van der Waals surface area contributed by atoms with E-state index in [0.29, 0.717) is 5.92 Å². The van der Waals surface area contributed by atoms with Crippen molar-refractivity contribution >= 4 is 21.9 Å². The highest BCUT2D eigenvalue weighted by Gasteiger charge is 2.16. The van der Waals surface area contributed by atoms with Crippen LogP contribution in [0.15, 0.2) is 59.3 Å². The third-order valence-electron chi connectivity index (χ3n) is 3.93. The number of benzene rings is 1. The van der Waals surface area contributed by atoms with Crippen molar-refractivity contribution in [2.75, 3.05) is 0 Å². The maximum Gasteiger partial charge on any atom is 0.157 e. The highest BCUT2D eigenvalue weighted by molar-refractivity contribution is 6.09. The number of para-hydroxylation sites is 1. The van der Waals surface area contributed by atoms with E-state index in [-0.39, 0.29) is 0 Å². The third kappa shape index (κ3) is 1.90. The maximum atomic E-state index is 6.23. The number of hydrogen-bond acceptors (Lipinski definition) is 3. The zero-order chi connectivity index (χ0) is 15.1. The van der Waals surface area contributed by atoms with Crippen LogP contribution in [0.1, 0.15) is 25.5 Å². The van der Waals surface area contributed by atoms with Crippen LogP contribution in [-0.2, 0) is 0 Å². The molecule has 22 heavy (non-hydrogen) atoms. The predicted octanol–water partition coefficient (Wildman–Crippen LogP) is 5.17. The number of fused-ring (bicyclic) bond motifs is 3. The SMILES string of the molecule is CC(C)c1nccc2c1oc1c(-c3ccccn3)cccc12. The highest BCUT2D eigenvalue weighted by Crippen LogP contribution is 2.37. The van der Waals surface area contributed by atoms with E-state index in [1.807, 2.05) is 30.5 Å². The molecule has 108 valence electrons. The minimum atomic E-state index is 0.322. The summed E-state index contributed by atoms with van der Waals surface area (Å²) < 4.78 is 6.23. The minimum Gasteiger partial charge on any atom is -0.453 e. The van der Waals surface area contributed by atoms with Gasteiger partial charge in [0.15, 0.2) is 5.58 Å². The molecule has 1 aromatic carbocycles. The molecule has 0 aliphatic rings. The summed E-state index contributed by atoms with van der Waals surface area (Å²) in [5.41, 5.74) is 4.71. The van der Waals surface area contributed by atoms with Crippen molar-refractivity contribution in [2.24, 2.45) is 0 Å². The quantitative estimate of drug-likeness (QED) is 0.511. The van der Waals surface area contributed by atoms with Crippen LogP contribution in [0.5, 0.6) is 0 Å². The molecule has 0 radical (unpaired) electrons. The second-order valence-corrected chi connectivity index (χ2v) is 5.73. The molecule has 0 amide bonds. The molecule has 0 fully saturated rings. The number of pyridine rings is 2. The summed E-state index contributed by atoms with van der Waals surface area (Å²) in [7, 11) is 0. The molecule has 0 aliphatic heterocycles. The number of nitrogens with zero attached hydrogens (tertiary/aromatic N) is 2. The lowest BCUT2D eigenvalue weighted by molar-refractivity contribution is 0.651. The Bertz CT molecular complexity index is 955. The molecule has 0 spiro atoms. The number of hydrogen-bond donors (Lipinski definition) is 0. The molecule has 4 aromatic rings. The summed E-state index contributed by atoms with van der Waals surface area (Å²) in [4.78, 5) is 8.95. The van der Waals surface area contributed by atoms with Gasteiger partial charge in [0.1, 0.15) is 5.58 Å². The summed E-state index contributed by atoms with van der Waals surface area (Å²) >= 11 is 0. The Morgan fingerprint density at radius 2 is 1.68 bits per heavy atom. The topological polar surface area (TPSA) is 38.9 Å². The van der Waals surface area contributed by atoms with E-state index in [1.54, 1.807) is 6.20 Å². The summed E-state index contributed by atoms with van der Waals surface area (Å²) in [5.74, 6) is 0.322. The van der Waals surface area contributed by atoms with E-state index in [9.17, 15) is 0 Å². The lowest BCUT2D eigenvalue weighted by Crippen LogP contribution is -1.91. The van der Waals surface area contributed by atoms with Crippen LogP contribution in [0.4, 0.5) is 0 Å². The van der Waals surface area contributed by atoms with Gasteiger partial charge < -0.3 is 4.42 Å². The molecule has 3 heterocycles. The smallest absolute Gasteiger partial charge is 0.157 e. The van der Waals surface area contributed by atoms with Crippen molar-refractivity contribution in [3.05, 3.63) is 60.6 Å². The average molecular weight is 288 g/mol. The first kappa shape index (κ1) is 13.0. The minimum absolute atomic E-state index is 0.322. The van der Waals surface area contributed by atoms with E-state index in [0.717, 1.165) is 38.9 Å². The molecule has 3 nitrogen and oxygen atoms in total. The van der Waals surface area contributed by atoms with Gasteiger partial charge in [-0.2, -0.15) is 0 Å². The van der Waals surface area contributed by atoms with Gasteiger partial charge in [0, 0.05) is 28.7 Å². The fourth-order valence-corrected chi connectivity index (χ4v) is 2.88. The van der Waals surface area contributed by atoms with Crippen molar-refractivity contribution in [3.8, 4) is 11.3 Å². The molecule has 3 heteroatoms. The molecular formula is C19H16N2O. The van der Waals surface area contributed by atoms with Crippen LogP contribution < -0.4 is 0 Å². The Morgan fingerprint density at radius 1 is 0.818 bits per heavy atom. The zero-order valence-electron chi connectivity index (χ0n) is 12.6. The van der Waals surface area contributed by atoms with Gasteiger partial charge in [0.2, 0.25) is 0 Å². The van der Waals surface area contributed by atoms with Crippen LogP contribution in [0, 0.1) is 0 Å². The van der Waals surface area contributed by atoms with Crippen LogP contribution in [-0.4, -0.2) is 9.97 Å². The van der Waals surface area contributed by atoms with Gasteiger partial charge in [-0.1, -0.05) is 32.0 Å². The second kappa shape index (κ2) is 4.95. The van der Waals surface area contributed by atoms with Crippen molar-refractivity contribution < 1.29 is 4.42 Å². The largest absolute Gasteiger partial charge is 0.453 e. The molecule has 0 atom stereocenters. The van der Waals surface area contributed by atoms with Crippen LogP contribution >= 0.6 is 0 Å². The van der Waals surface area contributed by atoms with Gasteiger partial charge in [0.25, 0.3) is 0 Å². The standard InChI is InChI=1S/C19H16N2O/c1-12(2)17-19-14(9-11-21-17)13-6-5-7-15(18(13)22-19)16-8-3-4-10-20-16/h3-12H,1-2H3. The molecule has 0 bridgehead atoms. The molecule has 0 unspecified atom stereocenters. The molecule has 0 saturated heterocycles. The van der Waals surface area contributed by atoms with E-state index in [4.69, 9.17) is 4.42 Å². The third-order valence-corrected chi connectivity index (χ3v) is 3.93. The molecule has 0 saturated carbocycles. The van der Waals surface area contributed by atoms with Gasteiger partial charge in [0.05, 0.1) is 11.4 Å². The van der Waals surface area contributed by atoms with Gasteiger partial charge in [-0.15, -0.1) is 0 Å². The summed E-state index contributed by atoms with van der Waals surface area (Å²) in [6.45, 7) is 4.27. The molecular weight excluding hydrogens is 272 g/mol. The summed E-state index contributed by atoms with van der Waals surface area (Å²) in [6, 6.07) is 14.1. The van der Waals surface area contributed by atoms with E-state index in [2.05, 4.69) is 42.0 Å². The van der Waals surface area contributed by atoms with Gasteiger partial charge in [-0.3, -0.25) is 9.97 Å². The fraction of sp³-hybridized carbons (Fsp3) is 0.158. The molecule has 3 aromatic heterocycles. The Hall–Kier alpha value is -2.68. The Balaban J connectivity index is 2.10. The van der Waals surface area contributed by atoms with Gasteiger partial charge in [-0.05, 0) is 30.2 Å². The van der Waals surface area contributed by atoms with Gasteiger partial charge >= 0.3 is 0 Å². The van der Waals surface area contributed by atoms with E-state index < -0.39 is 0 Å². The van der Waals surface area contributed by atoms with Crippen LogP contribution in [0.3, 0.4) is 0 Å². The first-order valence-electron chi connectivity index (χ1n) is 7.47. The first-order chi connectivity index (χ1) is 10.8. The van der Waals surface area contributed by atoms with Crippen molar-refractivity contribution in [3.63, 3.8) is 0 Å². The zero-order valence-corrected chi connectivity index (χ0v) is 12.6. The van der Waals surface area contributed by atoms with Crippen molar-refractivity contribution in [1.29, 1.82) is 0 Å². The molecule has 0 aliphatic carbocycles. The number of rotatable bonds is 2. The van der Waals surface area contributed by atoms with Crippen LogP contribution in [0.2, 0.25) is 0 Å².